The molecule has 0 aliphatic carbocycles. The number of rotatable bonds is 6. The minimum atomic E-state index is 0.0202. The molecule has 1 N–H and O–H groups in total. The van der Waals surface area contributed by atoms with Crippen LogP contribution in [0.2, 0.25) is 0 Å². The molecule has 1 aromatic carbocycles. The lowest BCUT2D eigenvalue weighted by molar-refractivity contribution is -0.127. The molecule has 132 valence electrons. The highest BCUT2D eigenvalue weighted by Crippen LogP contribution is 2.31. The lowest BCUT2D eigenvalue weighted by Gasteiger charge is -2.31. The summed E-state index contributed by atoms with van der Waals surface area (Å²) in [6, 6.07) is 10.5. The number of hydrogen-bond donors (Lipinski definition) is 1. The SMILES string of the molecule is C=CC(=O)N1CCC(c2cc3ccccc3c(NCCOC)n2)CC1. The van der Waals surface area contributed by atoms with E-state index < -0.39 is 0 Å². The molecule has 0 spiro atoms. The fourth-order valence-electron chi connectivity index (χ4n) is 3.36. The first kappa shape index (κ1) is 17.4. The second-order valence-corrected chi connectivity index (χ2v) is 6.34. The van der Waals surface area contributed by atoms with E-state index in [9.17, 15) is 4.79 Å². The van der Waals surface area contributed by atoms with Crippen LogP contribution < -0.4 is 5.32 Å². The van der Waals surface area contributed by atoms with E-state index in [2.05, 4.69) is 36.2 Å². The molecule has 2 aromatic rings. The Bertz CT molecular complexity index is 752. The average molecular weight is 339 g/mol. The van der Waals surface area contributed by atoms with Crippen molar-refractivity contribution in [1.29, 1.82) is 0 Å². The summed E-state index contributed by atoms with van der Waals surface area (Å²) in [6.07, 6.45) is 3.26. The summed E-state index contributed by atoms with van der Waals surface area (Å²) in [5.74, 6) is 1.31. The summed E-state index contributed by atoms with van der Waals surface area (Å²) in [5.41, 5.74) is 1.10. The van der Waals surface area contributed by atoms with Gasteiger partial charge in [0.2, 0.25) is 5.91 Å². The van der Waals surface area contributed by atoms with Gasteiger partial charge in [0.25, 0.3) is 0 Å². The molecule has 1 aliphatic rings. The zero-order valence-corrected chi connectivity index (χ0v) is 14.7. The van der Waals surface area contributed by atoms with Gasteiger partial charge in [-0.1, -0.05) is 30.8 Å². The molecule has 5 heteroatoms. The van der Waals surface area contributed by atoms with Gasteiger partial charge in [-0.25, -0.2) is 4.98 Å². The fraction of sp³-hybridized carbons (Fsp3) is 0.400. The molecule has 0 saturated carbocycles. The Kier molecular flexibility index (Phi) is 5.66. The maximum atomic E-state index is 11.8. The first-order valence-corrected chi connectivity index (χ1v) is 8.76. The van der Waals surface area contributed by atoms with Crippen molar-refractivity contribution in [2.24, 2.45) is 0 Å². The zero-order valence-electron chi connectivity index (χ0n) is 14.7. The van der Waals surface area contributed by atoms with Gasteiger partial charge in [0.1, 0.15) is 5.82 Å². The number of amides is 1. The average Bonchev–Trinajstić information content (AvgIpc) is 2.67. The quantitative estimate of drug-likeness (QED) is 0.649. The normalized spacial score (nSPS) is 15.3. The number of pyridine rings is 1. The van der Waals surface area contributed by atoms with Crippen molar-refractivity contribution in [3.63, 3.8) is 0 Å². The summed E-state index contributed by atoms with van der Waals surface area (Å²) in [6.45, 7) is 6.46. The van der Waals surface area contributed by atoms with E-state index >= 15 is 0 Å². The number of anilines is 1. The second-order valence-electron chi connectivity index (χ2n) is 6.34. The largest absolute Gasteiger partial charge is 0.383 e. The van der Waals surface area contributed by atoms with Crippen LogP contribution in [0.15, 0.2) is 43.0 Å². The standard InChI is InChI=1S/C20H25N3O2/c1-3-19(24)23-11-8-15(9-12-23)18-14-16-6-4-5-7-17(16)20(22-18)21-10-13-25-2/h3-7,14-15H,1,8-13H2,2H3,(H,21,22). The van der Waals surface area contributed by atoms with Crippen molar-refractivity contribution in [3.8, 4) is 0 Å². The number of methoxy groups -OCH3 is 1. The molecule has 1 amide bonds. The van der Waals surface area contributed by atoms with Crippen LogP contribution >= 0.6 is 0 Å². The van der Waals surface area contributed by atoms with Crippen molar-refractivity contribution < 1.29 is 9.53 Å². The molecule has 1 saturated heterocycles. The van der Waals surface area contributed by atoms with Crippen LogP contribution in [0.1, 0.15) is 24.5 Å². The van der Waals surface area contributed by atoms with Crippen LogP contribution in [0, 0.1) is 0 Å². The van der Waals surface area contributed by atoms with E-state index in [-0.39, 0.29) is 5.91 Å². The van der Waals surface area contributed by atoms with E-state index in [0.29, 0.717) is 12.5 Å². The van der Waals surface area contributed by atoms with Crippen LogP contribution in [0.3, 0.4) is 0 Å². The van der Waals surface area contributed by atoms with Gasteiger partial charge in [0.05, 0.1) is 6.61 Å². The molecule has 0 bridgehead atoms. The van der Waals surface area contributed by atoms with Gasteiger partial charge in [0, 0.05) is 43.7 Å². The van der Waals surface area contributed by atoms with Crippen molar-refractivity contribution in [3.05, 3.63) is 48.7 Å². The van der Waals surface area contributed by atoms with E-state index in [1.165, 1.54) is 11.5 Å². The predicted molar refractivity (Wildman–Crippen MR) is 101 cm³/mol. The summed E-state index contributed by atoms with van der Waals surface area (Å²) in [7, 11) is 1.70. The van der Waals surface area contributed by atoms with E-state index in [1.807, 2.05) is 11.0 Å². The van der Waals surface area contributed by atoms with E-state index in [0.717, 1.165) is 49.4 Å². The number of likely N-dealkylation sites (tertiary alicyclic amines) is 1. The Morgan fingerprint density at radius 2 is 2.16 bits per heavy atom. The lowest BCUT2D eigenvalue weighted by atomic mass is 9.92. The van der Waals surface area contributed by atoms with Crippen molar-refractivity contribution in [1.82, 2.24) is 9.88 Å². The molecule has 0 radical (unpaired) electrons. The molecule has 0 atom stereocenters. The van der Waals surface area contributed by atoms with Crippen molar-refractivity contribution >= 4 is 22.5 Å². The molecule has 5 nitrogen and oxygen atoms in total. The third kappa shape index (κ3) is 3.99. The molecular weight excluding hydrogens is 314 g/mol. The van der Waals surface area contributed by atoms with Gasteiger partial charge in [-0.2, -0.15) is 0 Å². The third-order valence-electron chi connectivity index (χ3n) is 4.76. The number of benzene rings is 1. The Morgan fingerprint density at radius 3 is 2.88 bits per heavy atom. The minimum absolute atomic E-state index is 0.0202. The molecule has 3 rings (SSSR count). The van der Waals surface area contributed by atoms with Crippen LogP contribution in [0.25, 0.3) is 10.8 Å². The number of carbonyl (C=O) groups excluding carboxylic acids is 1. The third-order valence-corrected chi connectivity index (χ3v) is 4.76. The first-order chi connectivity index (χ1) is 12.2. The molecule has 1 fully saturated rings. The summed E-state index contributed by atoms with van der Waals surface area (Å²) < 4.78 is 5.13. The minimum Gasteiger partial charge on any atom is -0.383 e. The maximum Gasteiger partial charge on any atom is 0.245 e. The Hall–Kier alpha value is -2.40. The number of carbonyl (C=O) groups is 1. The summed E-state index contributed by atoms with van der Waals surface area (Å²) >= 11 is 0. The van der Waals surface area contributed by atoms with Gasteiger partial charge in [-0.15, -0.1) is 0 Å². The lowest BCUT2D eigenvalue weighted by Crippen LogP contribution is -2.37. The summed E-state index contributed by atoms with van der Waals surface area (Å²) in [4.78, 5) is 18.5. The van der Waals surface area contributed by atoms with Crippen molar-refractivity contribution in [2.75, 3.05) is 38.7 Å². The molecule has 2 heterocycles. The number of nitrogens with one attached hydrogen (secondary N) is 1. The molecule has 1 aliphatic heterocycles. The highest BCUT2D eigenvalue weighted by molar-refractivity contribution is 5.92. The zero-order chi connectivity index (χ0) is 17.6. The molecule has 0 unspecified atom stereocenters. The predicted octanol–water partition coefficient (Wildman–Crippen LogP) is 3.19. The van der Waals surface area contributed by atoms with Crippen molar-refractivity contribution in [2.45, 2.75) is 18.8 Å². The second kappa shape index (κ2) is 8.12. The van der Waals surface area contributed by atoms with Crippen LogP contribution in [-0.4, -0.2) is 49.1 Å². The highest BCUT2D eigenvalue weighted by Gasteiger charge is 2.24. The fourth-order valence-corrected chi connectivity index (χ4v) is 3.36. The van der Waals surface area contributed by atoms with E-state index in [4.69, 9.17) is 9.72 Å². The summed E-state index contributed by atoms with van der Waals surface area (Å²) in [5, 5.41) is 5.71. The van der Waals surface area contributed by atoms with Crippen LogP contribution in [0.4, 0.5) is 5.82 Å². The van der Waals surface area contributed by atoms with Gasteiger partial charge >= 0.3 is 0 Å². The Labute approximate surface area is 148 Å². The number of nitrogens with zero attached hydrogens (tertiary/aromatic N) is 2. The van der Waals surface area contributed by atoms with Gasteiger partial charge in [-0.3, -0.25) is 4.79 Å². The number of hydrogen-bond acceptors (Lipinski definition) is 4. The van der Waals surface area contributed by atoms with E-state index in [1.54, 1.807) is 7.11 Å². The number of ether oxygens (including phenoxy) is 1. The molecular formula is C20H25N3O2. The first-order valence-electron chi connectivity index (χ1n) is 8.76. The van der Waals surface area contributed by atoms with Gasteiger partial charge < -0.3 is 15.0 Å². The maximum absolute atomic E-state index is 11.8. The Morgan fingerprint density at radius 1 is 1.40 bits per heavy atom. The van der Waals surface area contributed by atoms with Crippen LogP contribution in [0.5, 0.6) is 0 Å². The smallest absolute Gasteiger partial charge is 0.245 e. The molecule has 25 heavy (non-hydrogen) atoms. The topological polar surface area (TPSA) is 54.5 Å². The molecule has 1 aromatic heterocycles. The number of piperidine rings is 1. The van der Waals surface area contributed by atoms with Gasteiger partial charge in [0.15, 0.2) is 0 Å². The number of fused-ring (bicyclic) bond motifs is 1. The van der Waals surface area contributed by atoms with Gasteiger partial charge in [-0.05, 0) is 30.4 Å². The monoisotopic (exact) mass is 339 g/mol. The van der Waals surface area contributed by atoms with Crippen LogP contribution in [-0.2, 0) is 9.53 Å². The highest BCUT2D eigenvalue weighted by atomic mass is 16.5. The number of aromatic nitrogens is 1. The Balaban J connectivity index is 1.82.